The van der Waals surface area contributed by atoms with E-state index in [1.54, 1.807) is 23.9 Å². The Balaban J connectivity index is 1.62. The topological polar surface area (TPSA) is 72.6 Å². The van der Waals surface area contributed by atoms with Crippen LogP contribution in [0.3, 0.4) is 0 Å². The van der Waals surface area contributed by atoms with Crippen LogP contribution in [0.5, 0.6) is 17.2 Å². The van der Waals surface area contributed by atoms with E-state index in [0.717, 1.165) is 26.4 Å². The van der Waals surface area contributed by atoms with Gasteiger partial charge in [-0.15, -0.1) is 0 Å². The van der Waals surface area contributed by atoms with Crippen LogP contribution in [0.1, 0.15) is 5.56 Å². The summed E-state index contributed by atoms with van der Waals surface area (Å²) in [6.07, 6.45) is 0.191. The van der Waals surface area contributed by atoms with Crippen LogP contribution < -0.4 is 19.5 Å². The first-order chi connectivity index (χ1) is 16.0. The monoisotopic (exact) mass is 482 g/mol. The molecule has 0 aliphatic rings. The fourth-order valence-corrected chi connectivity index (χ4v) is 4.68. The summed E-state index contributed by atoms with van der Waals surface area (Å²) < 4.78 is 16.1. The van der Waals surface area contributed by atoms with Gasteiger partial charge in [0.2, 0.25) is 11.7 Å². The molecule has 0 aliphatic carbocycles. The van der Waals surface area contributed by atoms with Gasteiger partial charge in [-0.1, -0.05) is 41.6 Å². The molecule has 4 rings (SSSR count). The van der Waals surface area contributed by atoms with Gasteiger partial charge in [-0.3, -0.25) is 4.79 Å². The number of benzene rings is 3. The van der Waals surface area contributed by atoms with Crippen molar-refractivity contribution in [1.29, 1.82) is 0 Å². The second kappa shape index (κ2) is 10.1. The van der Waals surface area contributed by atoms with Crippen LogP contribution in [0.2, 0.25) is 5.02 Å². The highest BCUT2D eigenvalue weighted by Gasteiger charge is 2.18. The lowest BCUT2D eigenvalue weighted by atomic mass is 10.1. The molecular formula is C25H23ClN2O4S. The SMILES string of the molecule is COc1cc(NC(=O)Cc2c(Sc3ccc(Cl)cc3)[nH]c3ccccc23)cc(OC)c1OC. The Bertz CT molecular complexity index is 1260. The van der Waals surface area contributed by atoms with E-state index in [-0.39, 0.29) is 12.3 Å². The summed E-state index contributed by atoms with van der Waals surface area (Å²) in [7, 11) is 4.61. The molecule has 2 N–H and O–H groups in total. The molecule has 1 heterocycles. The fourth-order valence-electron chi connectivity index (χ4n) is 3.58. The van der Waals surface area contributed by atoms with Crippen molar-refractivity contribution < 1.29 is 19.0 Å². The first-order valence-electron chi connectivity index (χ1n) is 10.1. The fraction of sp³-hybridized carbons (Fsp3) is 0.160. The first kappa shape index (κ1) is 22.9. The van der Waals surface area contributed by atoms with Gasteiger partial charge in [0.1, 0.15) is 0 Å². The van der Waals surface area contributed by atoms with E-state index in [0.29, 0.717) is 28.0 Å². The van der Waals surface area contributed by atoms with Crippen molar-refractivity contribution in [2.75, 3.05) is 26.6 Å². The second-order valence-electron chi connectivity index (χ2n) is 7.17. The minimum absolute atomic E-state index is 0.160. The van der Waals surface area contributed by atoms with Gasteiger partial charge in [-0.05, 0) is 30.3 Å². The van der Waals surface area contributed by atoms with E-state index in [9.17, 15) is 4.79 Å². The van der Waals surface area contributed by atoms with Crippen molar-refractivity contribution in [3.63, 3.8) is 0 Å². The number of hydrogen-bond acceptors (Lipinski definition) is 5. The molecule has 0 atom stereocenters. The van der Waals surface area contributed by atoms with E-state index in [2.05, 4.69) is 10.3 Å². The number of para-hydroxylation sites is 1. The van der Waals surface area contributed by atoms with E-state index in [1.165, 1.54) is 21.3 Å². The molecule has 0 saturated carbocycles. The van der Waals surface area contributed by atoms with Gasteiger partial charge in [0, 0.05) is 44.2 Å². The maximum Gasteiger partial charge on any atom is 0.228 e. The average Bonchev–Trinajstić information content (AvgIpc) is 3.16. The van der Waals surface area contributed by atoms with Gasteiger partial charge < -0.3 is 24.5 Å². The van der Waals surface area contributed by atoms with Gasteiger partial charge in [-0.25, -0.2) is 0 Å². The molecule has 1 amide bonds. The van der Waals surface area contributed by atoms with Crippen LogP contribution in [-0.2, 0) is 11.2 Å². The molecule has 0 aliphatic heterocycles. The number of hydrogen-bond donors (Lipinski definition) is 2. The number of ether oxygens (including phenoxy) is 3. The van der Waals surface area contributed by atoms with Crippen molar-refractivity contribution in [2.24, 2.45) is 0 Å². The molecule has 0 radical (unpaired) electrons. The normalized spacial score (nSPS) is 10.8. The highest BCUT2D eigenvalue weighted by molar-refractivity contribution is 7.99. The van der Waals surface area contributed by atoms with Gasteiger partial charge in [-0.2, -0.15) is 0 Å². The Hall–Kier alpha value is -3.29. The number of H-pyrrole nitrogens is 1. The second-order valence-corrected chi connectivity index (χ2v) is 8.69. The predicted octanol–water partition coefficient (Wildman–Crippen LogP) is 6.18. The zero-order valence-corrected chi connectivity index (χ0v) is 20.0. The molecule has 3 aromatic carbocycles. The Morgan fingerprint density at radius 3 is 2.27 bits per heavy atom. The van der Waals surface area contributed by atoms with Crippen molar-refractivity contribution >= 4 is 45.9 Å². The first-order valence-corrected chi connectivity index (χ1v) is 11.3. The maximum atomic E-state index is 13.1. The number of carbonyl (C=O) groups is 1. The number of fused-ring (bicyclic) bond motifs is 1. The van der Waals surface area contributed by atoms with Gasteiger partial charge in [0.15, 0.2) is 11.5 Å². The summed E-state index contributed by atoms with van der Waals surface area (Å²) in [5.74, 6) is 1.25. The summed E-state index contributed by atoms with van der Waals surface area (Å²) in [5.41, 5.74) is 2.46. The van der Waals surface area contributed by atoms with Crippen molar-refractivity contribution in [2.45, 2.75) is 16.3 Å². The molecule has 1 aromatic heterocycles. The summed E-state index contributed by atoms with van der Waals surface area (Å²) in [6, 6.07) is 19.0. The van der Waals surface area contributed by atoms with E-state index in [4.69, 9.17) is 25.8 Å². The number of methoxy groups -OCH3 is 3. The van der Waals surface area contributed by atoms with Crippen LogP contribution in [0, 0.1) is 0 Å². The van der Waals surface area contributed by atoms with Crippen molar-refractivity contribution in [3.8, 4) is 17.2 Å². The molecule has 0 unspecified atom stereocenters. The summed E-state index contributed by atoms with van der Waals surface area (Å²) in [5, 5.41) is 5.55. The molecule has 0 saturated heterocycles. The average molecular weight is 483 g/mol. The number of aromatic amines is 1. The number of halogens is 1. The van der Waals surface area contributed by atoms with Gasteiger partial charge in [0.05, 0.1) is 32.8 Å². The molecule has 0 bridgehead atoms. The third kappa shape index (κ3) is 5.05. The van der Waals surface area contributed by atoms with Gasteiger partial charge >= 0.3 is 0 Å². The number of anilines is 1. The minimum atomic E-state index is -0.160. The zero-order chi connectivity index (χ0) is 23.4. The Morgan fingerprint density at radius 1 is 0.970 bits per heavy atom. The smallest absolute Gasteiger partial charge is 0.228 e. The number of amides is 1. The summed E-state index contributed by atoms with van der Waals surface area (Å²) in [6.45, 7) is 0. The third-order valence-electron chi connectivity index (χ3n) is 5.09. The maximum absolute atomic E-state index is 13.1. The number of rotatable bonds is 8. The molecule has 4 aromatic rings. The standard InChI is InChI=1S/C25H23ClN2O4S/c1-30-21-12-16(13-22(31-2)24(21)32-3)27-23(29)14-19-18-6-4-5-7-20(18)28-25(19)33-17-10-8-15(26)9-11-17/h4-13,28H,14H2,1-3H3,(H,27,29). The van der Waals surface area contributed by atoms with Gasteiger partial charge in [0.25, 0.3) is 0 Å². The Labute approximate surface area is 201 Å². The molecule has 0 spiro atoms. The van der Waals surface area contributed by atoms with Crippen LogP contribution in [0.15, 0.2) is 70.6 Å². The lowest BCUT2D eigenvalue weighted by Crippen LogP contribution is -2.15. The predicted molar refractivity (Wildman–Crippen MR) is 132 cm³/mol. The molecule has 8 heteroatoms. The molecule has 33 heavy (non-hydrogen) atoms. The molecular weight excluding hydrogens is 460 g/mol. The molecule has 170 valence electrons. The highest BCUT2D eigenvalue weighted by atomic mass is 35.5. The number of carbonyl (C=O) groups excluding carboxylic acids is 1. The third-order valence-corrected chi connectivity index (χ3v) is 6.41. The summed E-state index contributed by atoms with van der Waals surface area (Å²) >= 11 is 7.59. The number of aromatic nitrogens is 1. The molecule has 0 fully saturated rings. The van der Waals surface area contributed by atoms with Crippen molar-refractivity contribution in [3.05, 3.63) is 71.2 Å². The van der Waals surface area contributed by atoms with E-state index >= 15 is 0 Å². The lowest BCUT2D eigenvalue weighted by Gasteiger charge is -2.14. The quantitative estimate of drug-likeness (QED) is 0.314. The Morgan fingerprint density at radius 2 is 1.64 bits per heavy atom. The van der Waals surface area contributed by atoms with Crippen LogP contribution in [-0.4, -0.2) is 32.2 Å². The minimum Gasteiger partial charge on any atom is -0.493 e. The highest BCUT2D eigenvalue weighted by Crippen LogP contribution is 2.40. The van der Waals surface area contributed by atoms with Crippen LogP contribution in [0.4, 0.5) is 5.69 Å². The molecule has 6 nitrogen and oxygen atoms in total. The largest absolute Gasteiger partial charge is 0.493 e. The Kier molecular flexibility index (Phi) is 7.01. The van der Waals surface area contributed by atoms with Crippen LogP contribution >= 0.6 is 23.4 Å². The van der Waals surface area contributed by atoms with E-state index in [1.807, 2.05) is 48.5 Å². The number of nitrogens with one attached hydrogen (secondary N) is 2. The van der Waals surface area contributed by atoms with Crippen molar-refractivity contribution in [1.82, 2.24) is 4.98 Å². The van der Waals surface area contributed by atoms with Crippen LogP contribution in [0.25, 0.3) is 10.9 Å². The zero-order valence-electron chi connectivity index (χ0n) is 18.4. The van der Waals surface area contributed by atoms with E-state index < -0.39 is 0 Å². The lowest BCUT2D eigenvalue weighted by molar-refractivity contribution is -0.115. The summed E-state index contributed by atoms with van der Waals surface area (Å²) in [4.78, 5) is 17.5.